The van der Waals surface area contributed by atoms with Gasteiger partial charge in [0.2, 0.25) is 11.8 Å². The molecule has 23 heavy (non-hydrogen) atoms. The Kier molecular flexibility index (Phi) is 4.69. The van der Waals surface area contributed by atoms with Gasteiger partial charge in [-0.2, -0.15) is 23.4 Å². The quantitative estimate of drug-likeness (QED) is 0.924. The molecule has 0 aliphatic heterocycles. The van der Waals surface area contributed by atoms with Crippen molar-refractivity contribution in [3.05, 3.63) is 41.6 Å². The molecule has 5 nitrogen and oxygen atoms in total. The van der Waals surface area contributed by atoms with Gasteiger partial charge in [-0.05, 0) is 32.0 Å². The van der Waals surface area contributed by atoms with E-state index < -0.39 is 23.7 Å². The molecule has 0 aliphatic carbocycles. The third-order valence-corrected chi connectivity index (χ3v) is 2.65. The number of halogens is 3. The molecule has 0 amide bonds. The van der Waals surface area contributed by atoms with Gasteiger partial charge in [0.1, 0.15) is 5.56 Å². The molecule has 0 fully saturated rings. The molecule has 0 saturated heterocycles. The third kappa shape index (κ3) is 4.32. The van der Waals surface area contributed by atoms with E-state index in [0.717, 1.165) is 0 Å². The number of aromatic nitrogens is 2. The molecule has 1 aromatic carbocycles. The van der Waals surface area contributed by atoms with Crippen molar-refractivity contribution in [2.45, 2.75) is 26.1 Å². The molecule has 1 aromatic heterocycles. The number of hydrogen-bond donors (Lipinski definition) is 1. The van der Waals surface area contributed by atoms with Crippen molar-refractivity contribution in [1.82, 2.24) is 9.97 Å². The predicted molar refractivity (Wildman–Crippen MR) is 77.2 cm³/mol. The summed E-state index contributed by atoms with van der Waals surface area (Å²) in [6.45, 7) is 3.21. The molecule has 0 radical (unpaired) electrons. The van der Waals surface area contributed by atoms with Gasteiger partial charge in [0, 0.05) is 11.9 Å². The minimum absolute atomic E-state index is 0.0521. The number of anilines is 2. The SMILES string of the molecule is CC(C)Oc1nc(Nc2cccc(C#N)c2)ncc1C(F)(F)F. The lowest BCUT2D eigenvalue weighted by Gasteiger charge is -2.15. The fourth-order valence-corrected chi connectivity index (χ4v) is 1.73. The maximum absolute atomic E-state index is 12.9. The summed E-state index contributed by atoms with van der Waals surface area (Å²) in [7, 11) is 0. The highest BCUT2D eigenvalue weighted by Crippen LogP contribution is 2.35. The van der Waals surface area contributed by atoms with Crippen molar-refractivity contribution >= 4 is 11.6 Å². The maximum atomic E-state index is 12.9. The van der Waals surface area contributed by atoms with E-state index >= 15 is 0 Å². The molecule has 0 atom stereocenters. The van der Waals surface area contributed by atoms with Gasteiger partial charge in [-0.1, -0.05) is 6.07 Å². The lowest BCUT2D eigenvalue weighted by Crippen LogP contribution is -2.15. The van der Waals surface area contributed by atoms with Gasteiger partial charge >= 0.3 is 6.18 Å². The van der Waals surface area contributed by atoms with Crippen molar-refractivity contribution in [2.75, 3.05) is 5.32 Å². The summed E-state index contributed by atoms with van der Waals surface area (Å²) in [6, 6.07) is 8.38. The normalized spacial score (nSPS) is 11.2. The molecule has 8 heteroatoms. The van der Waals surface area contributed by atoms with E-state index in [4.69, 9.17) is 10.00 Å². The van der Waals surface area contributed by atoms with E-state index in [2.05, 4.69) is 15.3 Å². The maximum Gasteiger partial charge on any atom is 0.423 e. The molecule has 0 bridgehead atoms. The van der Waals surface area contributed by atoms with E-state index in [0.29, 0.717) is 17.4 Å². The molecule has 0 saturated carbocycles. The fraction of sp³-hybridized carbons (Fsp3) is 0.267. The van der Waals surface area contributed by atoms with Gasteiger partial charge in [0.25, 0.3) is 0 Å². The van der Waals surface area contributed by atoms with Crippen LogP contribution in [0.1, 0.15) is 25.0 Å². The van der Waals surface area contributed by atoms with Gasteiger partial charge in [-0.25, -0.2) is 4.98 Å². The fourth-order valence-electron chi connectivity index (χ4n) is 1.73. The molecular formula is C15H13F3N4O. The number of nitriles is 1. The minimum atomic E-state index is -4.61. The van der Waals surface area contributed by atoms with E-state index in [1.165, 1.54) is 6.07 Å². The van der Waals surface area contributed by atoms with Crippen LogP contribution in [0.3, 0.4) is 0 Å². The van der Waals surface area contributed by atoms with Crippen LogP contribution >= 0.6 is 0 Å². The van der Waals surface area contributed by atoms with Gasteiger partial charge in [-0.15, -0.1) is 0 Å². The summed E-state index contributed by atoms with van der Waals surface area (Å²) in [5, 5.41) is 11.6. The molecule has 0 spiro atoms. The third-order valence-electron chi connectivity index (χ3n) is 2.65. The van der Waals surface area contributed by atoms with Crippen LogP contribution in [0.15, 0.2) is 30.5 Å². The minimum Gasteiger partial charge on any atom is -0.474 e. The van der Waals surface area contributed by atoms with Gasteiger partial charge < -0.3 is 10.1 Å². The second kappa shape index (κ2) is 6.52. The molecule has 0 aliphatic rings. The largest absolute Gasteiger partial charge is 0.474 e. The Morgan fingerprint density at radius 1 is 1.30 bits per heavy atom. The first-order valence-electron chi connectivity index (χ1n) is 6.67. The summed E-state index contributed by atoms with van der Waals surface area (Å²) in [4.78, 5) is 7.44. The van der Waals surface area contributed by atoms with Crippen LogP contribution in [-0.4, -0.2) is 16.1 Å². The zero-order valence-electron chi connectivity index (χ0n) is 12.3. The van der Waals surface area contributed by atoms with E-state index in [1.807, 2.05) is 6.07 Å². The summed E-state index contributed by atoms with van der Waals surface area (Å²) in [5.74, 6) is -0.592. The number of hydrogen-bond acceptors (Lipinski definition) is 5. The first kappa shape index (κ1) is 16.5. The number of nitrogens with zero attached hydrogens (tertiary/aromatic N) is 3. The number of nitrogens with one attached hydrogen (secondary N) is 1. The summed E-state index contributed by atoms with van der Waals surface area (Å²) < 4.78 is 44.0. The molecule has 1 N–H and O–H groups in total. The summed E-state index contributed by atoms with van der Waals surface area (Å²) in [6.07, 6.45) is -4.41. The molecular weight excluding hydrogens is 309 g/mol. The van der Waals surface area contributed by atoms with Crippen molar-refractivity contribution in [3.8, 4) is 11.9 Å². The molecule has 120 valence electrons. The van der Waals surface area contributed by atoms with Gasteiger partial charge in [0.15, 0.2) is 0 Å². The van der Waals surface area contributed by atoms with Crippen LogP contribution in [0.4, 0.5) is 24.8 Å². The average molecular weight is 322 g/mol. The first-order valence-corrected chi connectivity index (χ1v) is 6.67. The topological polar surface area (TPSA) is 70.8 Å². The van der Waals surface area contributed by atoms with E-state index in [-0.39, 0.29) is 5.95 Å². The Bertz CT molecular complexity index is 738. The molecule has 0 unspecified atom stereocenters. The van der Waals surface area contributed by atoms with Crippen molar-refractivity contribution in [2.24, 2.45) is 0 Å². The highest BCUT2D eigenvalue weighted by atomic mass is 19.4. The lowest BCUT2D eigenvalue weighted by atomic mass is 10.2. The predicted octanol–water partition coefficient (Wildman–Crippen LogP) is 3.90. The summed E-state index contributed by atoms with van der Waals surface area (Å²) in [5.41, 5.74) is -0.151. The van der Waals surface area contributed by atoms with Crippen LogP contribution in [0.5, 0.6) is 5.88 Å². The molecule has 1 heterocycles. The van der Waals surface area contributed by atoms with Crippen molar-refractivity contribution in [3.63, 3.8) is 0 Å². The monoisotopic (exact) mass is 322 g/mol. The number of ether oxygens (including phenoxy) is 1. The van der Waals surface area contributed by atoms with E-state index in [9.17, 15) is 13.2 Å². The van der Waals surface area contributed by atoms with Crippen molar-refractivity contribution < 1.29 is 17.9 Å². The second-order valence-corrected chi connectivity index (χ2v) is 4.89. The van der Waals surface area contributed by atoms with Crippen LogP contribution in [-0.2, 0) is 6.18 Å². The van der Waals surface area contributed by atoms with Crippen LogP contribution in [0.2, 0.25) is 0 Å². The number of benzene rings is 1. The Labute approximate surface area is 130 Å². The van der Waals surface area contributed by atoms with Gasteiger partial charge in [0.05, 0.1) is 17.7 Å². The van der Waals surface area contributed by atoms with Crippen LogP contribution in [0, 0.1) is 11.3 Å². The number of alkyl halides is 3. The van der Waals surface area contributed by atoms with Gasteiger partial charge in [-0.3, -0.25) is 0 Å². The first-order chi connectivity index (χ1) is 10.8. The lowest BCUT2D eigenvalue weighted by molar-refractivity contribution is -0.139. The zero-order valence-corrected chi connectivity index (χ0v) is 12.3. The smallest absolute Gasteiger partial charge is 0.423 e. The number of rotatable bonds is 4. The zero-order chi connectivity index (χ0) is 17.0. The van der Waals surface area contributed by atoms with Crippen LogP contribution in [0.25, 0.3) is 0 Å². The van der Waals surface area contributed by atoms with Crippen LogP contribution < -0.4 is 10.1 Å². The summed E-state index contributed by atoms with van der Waals surface area (Å²) >= 11 is 0. The molecule has 2 rings (SSSR count). The highest BCUT2D eigenvalue weighted by Gasteiger charge is 2.36. The Hall–Kier alpha value is -2.82. The Morgan fingerprint density at radius 3 is 2.65 bits per heavy atom. The Morgan fingerprint density at radius 2 is 2.04 bits per heavy atom. The Balaban J connectivity index is 2.35. The highest BCUT2D eigenvalue weighted by molar-refractivity contribution is 5.56. The van der Waals surface area contributed by atoms with Crippen molar-refractivity contribution in [1.29, 1.82) is 5.26 Å². The average Bonchev–Trinajstić information content (AvgIpc) is 2.45. The molecule has 2 aromatic rings. The second-order valence-electron chi connectivity index (χ2n) is 4.89. The standard InChI is InChI=1S/C15H13F3N4O/c1-9(2)23-13-12(15(16,17)18)8-20-14(22-13)21-11-5-3-4-10(6-11)7-19/h3-6,8-9H,1-2H3,(H,20,21,22). The van der Waals surface area contributed by atoms with E-state index in [1.54, 1.807) is 32.0 Å².